The van der Waals surface area contributed by atoms with Crippen molar-refractivity contribution in [2.24, 2.45) is 10.9 Å². The maximum Gasteiger partial charge on any atom is 0.417 e. The van der Waals surface area contributed by atoms with Crippen molar-refractivity contribution in [2.45, 2.75) is 49.2 Å². The Balaban J connectivity index is 0.00000119. The number of allylic oxidation sites excluding steroid dienone is 1. The van der Waals surface area contributed by atoms with E-state index in [1.807, 2.05) is 18.9 Å². The van der Waals surface area contributed by atoms with Crippen molar-refractivity contribution in [1.29, 1.82) is 0 Å². The van der Waals surface area contributed by atoms with Gasteiger partial charge in [-0.2, -0.15) is 25.8 Å². The van der Waals surface area contributed by atoms with Crippen LogP contribution in [-0.4, -0.2) is 85.1 Å². The van der Waals surface area contributed by atoms with Crippen LogP contribution in [-0.2, 0) is 15.8 Å². The molecule has 12 heteroatoms. The van der Waals surface area contributed by atoms with Crippen molar-refractivity contribution in [3.8, 4) is 11.1 Å². The maximum absolute atomic E-state index is 14.8. The average molecular weight is 639 g/mol. The van der Waals surface area contributed by atoms with Gasteiger partial charge in [-0.15, -0.1) is 11.8 Å². The number of halogens is 4. The molecule has 0 saturated carbocycles. The van der Waals surface area contributed by atoms with Crippen LogP contribution in [0.15, 0.2) is 52.9 Å². The Morgan fingerprint density at radius 2 is 1.67 bits per heavy atom. The second-order valence-corrected chi connectivity index (χ2v) is 12.5. The molecule has 2 aliphatic heterocycles. The lowest BCUT2D eigenvalue weighted by molar-refractivity contribution is -0.137. The third-order valence-corrected chi connectivity index (χ3v) is 10.0. The second-order valence-electron chi connectivity index (χ2n) is 10.8. The lowest BCUT2D eigenvalue weighted by atomic mass is 9.93. The van der Waals surface area contributed by atoms with Gasteiger partial charge in [0.2, 0.25) is 6.41 Å². The molecular formula is C31H38F4N4O2S2. The van der Waals surface area contributed by atoms with Gasteiger partial charge in [-0.3, -0.25) is 19.5 Å². The molecular weight excluding hydrogens is 600 g/mol. The Kier molecular flexibility index (Phi) is 11.9. The standard InChI is InChI=1S/C28H34F4N4OS2.C3H4O/c1-16-11-36(15-37)25-21(27(33-4)35-12-17(2)34(5)18(3)13-35)10-22(28(30,31)32)24(26(25)39-14-23(16)38)19-6-8-20(29)9-7-19;1-2-3-4/h6-10,15-18,23,38H,11-14H2,1-5H3;2-3H,1H2/t16?,17-,18+,23?;. The van der Waals surface area contributed by atoms with Crippen LogP contribution in [0.2, 0.25) is 0 Å². The number of aldehydes is 1. The highest BCUT2D eigenvalue weighted by atomic mass is 32.2. The van der Waals surface area contributed by atoms with Crippen molar-refractivity contribution in [3.05, 3.63) is 59.9 Å². The summed E-state index contributed by atoms with van der Waals surface area (Å²) >= 11 is 5.93. The molecule has 1 fully saturated rings. The zero-order valence-electron chi connectivity index (χ0n) is 24.9. The summed E-state index contributed by atoms with van der Waals surface area (Å²) in [6.45, 7) is 10.7. The van der Waals surface area contributed by atoms with Crippen LogP contribution < -0.4 is 4.90 Å². The predicted octanol–water partition coefficient (Wildman–Crippen LogP) is 6.29. The number of amidine groups is 1. The topological polar surface area (TPSA) is 56.2 Å². The lowest BCUT2D eigenvalue weighted by Crippen LogP contribution is -2.56. The van der Waals surface area contributed by atoms with E-state index >= 15 is 0 Å². The number of rotatable bonds is 4. The number of amides is 1. The fraction of sp³-hybridized carbons (Fsp3) is 0.452. The van der Waals surface area contributed by atoms with Crippen LogP contribution in [0.1, 0.15) is 31.9 Å². The first-order valence-corrected chi connectivity index (χ1v) is 15.4. The van der Waals surface area contributed by atoms with E-state index in [4.69, 9.17) is 4.79 Å². The van der Waals surface area contributed by atoms with Gasteiger partial charge in [-0.05, 0) is 56.7 Å². The summed E-state index contributed by atoms with van der Waals surface area (Å²) in [5, 5.41) is -0.150. The predicted molar refractivity (Wildman–Crippen MR) is 170 cm³/mol. The third kappa shape index (κ3) is 7.82. The molecule has 1 amide bonds. The third-order valence-electron chi connectivity index (χ3n) is 7.86. The minimum Gasteiger partial charge on any atom is -0.353 e. The lowest BCUT2D eigenvalue weighted by Gasteiger charge is -2.44. The minimum atomic E-state index is -4.71. The van der Waals surface area contributed by atoms with E-state index in [0.717, 1.165) is 18.2 Å². The number of benzene rings is 2. The number of anilines is 1. The van der Waals surface area contributed by atoms with E-state index in [1.54, 1.807) is 7.05 Å². The zero-order chi connectivity index (χ0) is 32.1. The molecule has 0 aliphatic carbocycles. The van der Waals surface area contributed by atoms with Gasteiger partial charge in [-0.25, -0.2) is 4.39 Å². The van der Waals surface area contributed by atoms with Crippen molar-refractivity contribution in [2.75, 3.05) is 44.4 Å². The van der Waals surface area contributed by atoms with Gasteiger partial charge in [0.25, 0.3) is 0 Å². The Morgan fingerprint density at radius 3 is 2.16 bits per heavy atom. The van der Waals surface area contributed by atoms with Crippen LogP contribution in [0.25, 0.3) is 11.1 Å². The summed E-state index contributed by atoms with van der Waals surface area (Å²) in [5.74, 6) is 0.309. The number of carbonyl (C=O) groups excluding carboxylic acids is 2. The van der Waals surface area contributed by atoms with Crippen LogP contribution in [0.5, 0.6) is 0 Å². The number of piperazine rings is 1. The number of thioether (sulfide) groups is 1. The molecule has 43 heavy (non-hydrogen) atoms. The van der Waals surface area contributed by atoms with Crippen LogP contribution >= 0.6 is 24.4 Å². The Labute approximate surface area is 260 Å². The molecule has 2 unspecified atom stereocenters. The van der Waals surface area contributed by atoms with Crippen molar-refractivity contribution in [1.82, 2.24) is 9.80 Å². The first-order valence-electron chi connectivity index (χ1n) is 13.9. The molecule has 2 heterocycles. The fourth-order valence-electron chi connectivity index (χ4n) is 5.33. The van der Waals surface area contributed by atoms with Gasteiger partial charge in [0.15, 0.2) is 0 Å². The van der Waals surface area contributed by atoms with Crippen LogP contribution in [0.4, 0.5) is 23.2 Å². The average Bonchev–Trinajstić information content (AvgIpc) is 2.96. The first-order chi connectivity index (χ1) is 20.3. The van der Waals surface area contributed by atoms with E-state index in [2.05, 4.69) is 42.9 Å². The van der Waals surface area contributed by atoms with E-state index in [1.165, 1.54) is 34.9 Å². The zero-order valence-corrected chi connectivity index (χ0v) is 26.6. The normalized spacial score (nSPS) is 23.3. The summed E-state index contributed by atoms with van der Waals surface area (Å²) in [4.78, 5) is 32.2. The molecule has 0 aromatic heterocycles. The van der Waals surface area contributed by atoms with Crippen molar-refractivity contribution >= 4 is 48.6 Å². The van der Waals surface area contributed by atoms with E-state index in [9.17, 15) is 22.4 Å². The minimum absolute atomic E-state index is 0.00528. The van der Waals surface area contributed by atoms with Gasteiger partial charge in [0, 0.05) is 65.8 Å². The Morgan fingerprint density at radius 1 is 1.09 bits per heavy atom. The quantitative estimate of drug-likeness (QED) is 0.107. The summed E-state index contributed by atoms with van der Waals surface area (Å²) in [6, 6.07) is 6.42. The van der Waals surface area contributed by atoms with Crippen molar-refractivity contribution < 1.29 is 27.2 Å². The molecule has 0 radical (unpaired) electrons. The maximum atomic E-state index is 14.8. The number of fused-ring (bicyclic) bond motifs is 1. The molecule has 0 N–H and O–H groups in total. The number of alkyl halides is 3. The number of nitrogens with zero attached hydrogens (tertiary/aromatic N) is 4. The fourth-order valence-corrected chi connectivity index (χ4v) is 7.05. The van der Waals surface area contributed by atoms with Crippen LogP contribution in [0.3, 0.4) is 0 Å². The highest BCUT2D eigenvalue weighted by Gasteiger charge is 2.40. The number of hydrogen-bond donors (Lipinski definition) is 1. The summed E-state index contributed by atoms with van der Waals surface area (Å²) in [7, 11) is 3.61. The highest BCUT2D eigenvalue weighted by molar-refractivity contribution is 8.00. The molecule has 234 valence electrons. The molecule has 2 aromatic rings. The van der Waals surface area contributed by atoms with Gasteiger partial charge in [-0.1, -0.05) is 25.6 Å². The molecule has 1 saturated heterocycles. The second kappa shape index (κ2) is 14.8. The largest absolute Gasteiger partial charge is 0.417 e. The smallest absolute Gasteiger partial charge is 0.353 e. The van der Waals surface area contributed by atoms with E-state index in [-0.39, 0.29) is 39.9 Å². The van der Waals surface area contributed by atoms with Gasteiger partial charge in [0.05, 0.1) is 11.3 Å². The molecule has 6 nitrogen and oxygen atoms in total. The number of aliphatic imine (C=N–C) groups is 1. The number of hydrogen-bond acceptors (Lipinski definition) is 6. The van der Waals surface area contributed by atoms with E-state index in [0.29, 0.717) is 54.5 Å². The SMILES string of the molecule is C=CC=O.CN=C(c1cc(C(F)(F)F)c(-c2ccc(F)cc2)c2c1N(C=O)CC(C)C(S)CS2)N1C[C@@H](C)N(C)[C@@H](C)C1. The Bertz CT molecular complexity index is 1320. The van der Waals surface area contributed by atoms with Gasteiger partial charge < -0.3 is 9.80 Å². The summed E-state index contributed by atoms with van der Waals surface area (Å²) < 4.78 is 58.2. The molecule has 4 atom stereocenters. The van der Waals surface area contributed by atoms with Crippen LogP contribution in [0, 0.1) is 11.7 Å². The molecule has 2 aliphatic rings. The summed E-state index contributed by atoms with van der Waals surface area (Å²) in [6.07, 6.45) is -2.20. The summed E-state index contributed by atoms with van der Waals surface area (Å²) in [5.41, 5.74) is -0.0231. The molecule has 2 aromatic carbocycles. The molecule has 0 bridgehead atoms. The number of likely N-dealkylation sites (N-methyl/N-ethyl adjacent to an activating group) is 1. The van der Waals surface area contributed by atoms with Gasteiger partial charge >= 0.3 is 6.18 Å². The molecule has 4 rings (SSSR count). The van der Waals surface area contributed by atoms with Crippen molar-refractivity contribution in [3.63, 3.8) is 0 Å². The number of carbonyl (C=O) groups is 2. The Hall–Kier alpha value is -2.83. The molecule has 0 spiro atoms. The van der Waals surface area contributed by atoms with E-state index < -0.39 is 17.6 Å². The highest BCUT2D eigenvalue weighted by Crippen LogP contribution is 2.50. The van der Waals surface area contributed by atoms with Gasteiger partial charge in [0.1, 0.15) is 17.9 Å². The first kappa shape index (κ1) is 34.7. The monoisotopic (exact) mass is 638 g/mol. The number of thiol groups is 1.